The molecule has 100 valence electrons. The fourth-order valence-corrected chi connectivity index (χ4v) is 2.86. The van der Waals surface area contributed by atoms with Crippen molar-refractivity contribution in [3.63, 3.8) is 0 Å². The third kappa shape index (κ3) is 2.87. The molecule has 0 saturated heterocycles. The zero-order valence-electron chi connectivity index (χ0n) is 11.0. The minimum Gasteiger partial charge on any atom is -0.389 e. The van der Waals surface area contributed by atoms with Crippen molar-refractivity contribution in [1.29, 1.82) is 0 Å². The third-order valence-corrected chi connectivity index (χ3v) is 3.91. The van der Waals surface area contributed by atoms with Gasteiger partial charge in [0.1, 0.15) is 0 Å². The number of aromatic nitrogens is 1. The standard InChI is InChI=1S/C16H19NO2/c18-16(9-5-2-6-10-16)12-14-11-15(19-17-14)13-7-3-1-4-8-13/h1,3-4,7-8,11,18H,2,5-6,9-10,12H2. The molecule has 3 nitrogen and oxygen atoms in total. The summed E-state index contributed by atoms with van der Waals surface area (Å²) >= 11 is 0. The highest BCUT2D eigenvalue weighted by Gasteiger charge is 2.30. The van der Waals surface area contributed by atoms with Gasteiger partial charge in [0, 0.05) is 18.1 Å². The molecule has 0 atom stereocenters. The van der Waals surface area contributed by atoms with E-state index < -0.39 is 5.60 Å². The lowest BCUT2D eigenvalue weighted by atomic mass is 9.82. The summed E-state index contributed by atoms with van der Waals surface area (Å²) in [4.78, 5) is 0. The van der Waals surface area contributed by atoms with Gasteiger partial charge in [-0.1, -0.05) is 54.8 Å². The lowest BCUT2D eigenvalue weighted by Crippen LogP contribution is -2.33. The van der Waals surface area contributed by atoms with E-state index in [0.29, 0.717) is 6.42 Å². The van der Waals surface area contributed by atoms with Crippen LogP contribution < -0.4 is 0 Å². The number of nitrogens with zero attached hydrogens (tertiary/aromatic N) is 1. The number of hydrogen-bond donors (Lipinski definition) is 1. The SMILES string of the molecule is OC1(Cc2cc(-c3ccccc3)on2)CCCCC1. The van der Waals surface area contributed by atoms with Crippen molar-refractivity contribution in [2.75, 3.05) is 0 Å². The molecule has 1 aliphatic carbocycles. The normalized spacial score (nSPS) is 18.4. The Labute approximate surface area is 113 Å². The van der Waals surface area contributed by atoms with E-state index in [1.807, 2.05) is 36.4 Å². The van der Waals surface area contributed by atoms with E-state index in [9.17, 15) is 5.11 Å². The second-order valence-electron chi connectivity index (χ2n) is 5.51. The summed E-state index contributed by atoms with van der Waals surface area (Å²) in [6.45, 7) is 0. The van der Waals surface area contributed by atoms with Crippen molar-refractivity contribution in [2.45, 2.75) is 44.1 Å². The Morgan fingerprint density at radius 3 is 2.58 bits per heavy atom. The smallest absolute Gasteiger partial charge is 0.167 e. The Bertz CT molecular complexity index is 527. The van der Waals surface area contributed by atoms with Gasteiger partial charge in [0.05, 0.1) is 11.3 Å². The van der Waals surface area contributed by atoms with Crippen LogP contribution in [0, 0.1) is 0 Å². The van der Waals surface area contributed by atoms with E-state index in [1.165, 1.54) is 6.42 Å². The van der Waals surface area contributed by atoms with Gasteiger partial charge in [-0.2, -0.15) is 0 Å². The minimum absolute atomic E-state index is 0.580. The van der Waals surface area contributed by atoms with Gasteiger partial charge in [-0.05, 0) is 12.8 Å². The topological polar surface area (TPSA) is 46.3 Å². The second kappa shape index (κ2) is 5.17. The van der Waals surface area contributed by atoms with Crippen LogP contribution in [0.3, 0.4) is 0 Å². The molecule has 1 aromatic heterocycles. The Morgan fingerprint density at radius 2 is 1.84 bits per heavy atom. The monoisotopic (exact) mass is 257 g/mol. The molecular weight excluding hydrogens is 238 g/mol. The summed E-state index contributed by atoms with van der Waals surface area (Å²) in [5.41, 5.74) is 1.29. The van der Waals surface area contributed by atoms with Crippen molar-refractivity contribution in [3.05, 3.63) is 42.1 Å². The molecule has 0 amide bonds. The molecule has 1 N–H and O–H groups in total. The van der Waals surface area contributed by atoms with Crippen molar-refractivity contribution in [2.24, 2.45) is 0 Å². The van der Waals surface area contributed by atoms with E-state index in [4.69, 9.17) is 4.52 Å². The van der Waals surface area contributed by atoms with Crippen LogP contribution in [-0.2, 0) is 6.42 Å². The molecule has 1 aliphatic rings. The van der Waals surface area contributed by atoms with Gasteiger partial charge in [0.15, 0.2) is 5.76 Å². The molecule has 0 aliphatic heterocycles. The molecule has 0 radical (unpaired) electrons. The van der Waals surface area contributed by atoms with Crippen LogP contribution in [0.25, 0.3) is 11.3 Å². The predicted molar refractivity (Wildman–Crippen MR) is 73.7 cm³/mol. The largest absolute Gasteiger partial charge is 0.389 e. The Morgan fingerprint density at radius 1 is 1.11 bits per heavy atom. The fourth-order valence-electron chi connectivity index (χ4n) is 2.86. The second-order valence-corrected chi connectivity index (χ2v) is 5.51. The first-order chi connectivity index (χ1) is 9.25. The van der Waals surface area contributed by atoms with Crippen LogP contribution in [0.1, 0.15) is 37.8 Å². The average Bonchev–Trinajstić information content (AvgIpc) is 2.88. The predicted octanol–water partition coefficient (Wildman–Crippen LogP) is 3.58. The van der Waals surface area contributed by atoms with Crippen LogP contribution in [0.15, 0.2) is 40.9 Å². The zero-order valence-corrected chi connectivity index (χ0v) is 11.0. The maximum Gasteiger partial charge on any atom is 0.167 e. The molecule has 19 heavy (non-hydrogen) atoms. The first-order valence-electron chi connectivity index (χ1n) is 6.99. The number of hydrogen-bond acceptors (Lipinski definition) is 3. The van der Waals surface area contributed by atoms with Gasteiger partial charge >= 0.3 is 0 Å². The van der Waals surface area contributed by atoms with Crippen molar-refractivity contribution in [3.8, 4) is 11.3 Å². The lowest BCUT2D eigenvalue weighted by molar-refractivity contribution is 0.00311. The molecule has 1 saturated carbocycles. The summed E-state index contributed by atoms with van der Waals surface area (Å²) in [6, 6.07) is 11.9. The minimum atomic E-state index is -0.580. The van der Waals surface area contributed by atoms with Crippen LogP contribution in [0.4, 0.5) is 0 Å². The molecule has 1 fully saturated rings. The van der Waals surface area contributed by atoms with Crippen LogP contribution in [0.5, 0.6) is 0 Å². The Hall–Kier alpha value is -1.61. The molecular formula is C16H19NO2. The van der Waals surface area contributed by atoms with Crippen LogP contribution >= 0.6 is 0 Å². The summed E-state index contributed by atoms with van der Waals surface area (Å²) in [7, 11) is 0. The zero-order chi connectivity index (χ0) is 13.1. The average molecular weight is 257 g/mol. The number of aliphatic hydroxyl groups is 1. The summed E-state index contributed by atoms with van der Waals surface area (Å²) in [6.07, 6.45) is 5.81. The molecule has 0 unspecified atom stereocenters. The van der Waals surface area contributed by atoms with Crippen LogP contribution in [0.2, 0.25) is 0 Å². The quantitative estimate of drug-likeness (QED) is 0.914. The highest BCUT2D eigenvalue weighted by atomic mass is 16.5. The van der Waals surface area contributed by atoms with Gasteiger partial charge < -0.3 is 9.63 Å². The highest BCUT2D eigenvalue weighted by molar-refractivity contribution is 5.56. The first-order valence-corrected chi connectivity index (χ1v) is 6.99. The van der Waals surface area contributed by atoms with Gasteiger partial charge in [-0.15, -0.1) is 0 Å². The number of rotatable bonds is 3. The van der Waals surface area contributed by atoms with Crippen molar-refractivity contribution in [1.82, 2.24) is 5.16 Å². The van der Waals surface area contributed by atoms with E-state index in [-0.39, 0.29) is 0 Å². The molecule has 0 bridgehead atoms. The summed E-state index contributed by atoms with van der Waals surface area (Å²) in [5, 5.41) is 14.6. The summed E-state index contributed by atoms with van der Waals surface area (Å²) < 4.78 is 5.38. The van der Waals surface area contributed by atoms with Crippen molar-refractivity contribution < 1.29 is 9.63 Å². The molecule has 2 aromatic rings. The van der Waals surface area contributed by atoms with E-state index >= 15 is 0 Å². The maximum absolute atomic E-state index is 10.5. The van der Waals surface area contributed by atoms with Crippen molar-refractivity contribution >= 4 is 0 Å². The third-order valence-electron chi connectivity index (χ3n) is 3.91. The maximum atomic E-state index is 10.5. The van der Waals surface area contributed by atoms with E-state index in [1.54, 1.807) is 0 Å². The summed E-state index contributed by atoms with van der Waals surface area (Å²) in [5.74, 6) is 0.773. The van der Waals surface area contributed by atoms with E-state index in [2.05, 4.69) is 5.16 Å². The fraction of sp³-hybridized carbons (Fsp3) is 0.438. The van der Waals surface area contributed by atoms with Gasteiger partial charge in [0.25, 0.3) is 0 Å². The molecule has 3 rings (SSSR count). The number of benzene rings is 1. The Balaban J connectivity index is 1.75. The van der Waals surface area contributed by atoms with E-state index in [0.717, 1.165) is 42.7 Å². The molecule has 3 heteroatoms. The molecule has 1 heterocycles. The van der Waals surface area contributed by atoms with Crippen LogP contribution in [-0.4, -0.2) is 15.9 Å². The van der Waals surface area contributed by atoms with Gasteiger partial charge in [0.2, 0.25) is 0 Å². The van der Waals surface area contributed by atoms with Gasteiger partial charge in [-0.3, -0.25) is 0 Å². The molecule has 0 spiro atoms. The Kier molecular flexibility index (Phi) is 3.38. The van der Waals surface area contributed by atoms with Gasteiger partial charge in [-0.25, -0.2) is 0 Å². The highest BCUT2D eigenvalue weighted by Crippen LogP contribution is 2.31. The molecule has 1 aromatic carbocycles. The lowest BCUT2D eigenvalue weighted by Gasteiger charge is -2.31. The first kappa shape index (κ1) is 12.4.